The van der Waals surface area contributed by atoms with Crippen molar-refractivity contribution in [1.29, 1.82) is 0 Å². The molecule has 2 atom stereocenters. The summed E-state index contributed by atoms with van der Waals surface area (Å²) in [5, 5.41) is 13.5. The van der Waals surface area contributed by atoms with Gasteiger partial charge in [-0.3, -0.25) is 14.7 Å². The van der Waals surface area contributed by atoms with Crippen LogP contribution in [0.5, 0.6) is 0 Å². The number of anilines is 1. The highest BCUT2D eigenvalue weighted by Crippen LogP contribution is 2.44. The summed E-state index contributed by atoms with van der Waals surface area (Å²) < 4.78 is 6.16. The first kappa shape index (κ1) is 23.3. The molecule has 6 heteroatoms. The van der Waals surface area contributed by atoms with E-state index in [1.54, 1.807) is 0 Å². The van der Waals surface area contributed by atoms with Gasteiger partial charge in [-0.2, -0.15) is 0 Å². The van der Waals surface area contributed by atoms with Crippen LogP contribution < -0.4 is 5.32 Å². The lowest BCUT2D eigenvalue weighted by Crippen LogP contribution is -2.34. The second-order valence-electron chi connectivity index (χ2n) is 10.1. The summed E-state index contributed by atoms with van der Waals surface area (Å²) in [6.45, 7) is 3.27. The summed E-state index contributed by atoms with van der Waals surface area (Å²) in [6, 6.07) is 11.9. The van der Waals surface area contributed by atoms with Crippen LogP contribution in [0.3, 0.4) is 0 Å². The predicted molar refractivity (Wildman–Crippen MR) is 133 cm³/mol. The van der Waals surface area contributed by atoms with Gasteiger partial charge in [0.1, 0.15) is 6.04 Å². The average Bonchev–Trinajstić information content (AvgIpc) is 3.60. The summed E-state index contributed by atoms with van der Waals surface area (Å²) >= 11 is 0. The maximum atomic E-state index is 12.2. The van der Waals surface area contributed by atoms with Gasteiger partial charge in [0.25, 0.3) is 0 Å². The highest BCUT2D eigenvalue weighted by atomic mass is 16.5. The number of aliphatic carboxylic acids is 1. The van der Waals surface area contributed by atoms with Crippen LogP contribution in [0.25, 0.3) is 0 Å². The fraction of sp³-hybridized carbons (Fsp3) is 0.571. The molecule has 1 unspecified atom stereocenters. The van der Waals surface area contributed by atoms with Crippen molar-refractivity contribution in [2.24, 2.45) is 0 Å². The molecule has 0 spiro atoms. The van der Waals surface area contributed by atoms with Crippen molar-refractivity contribution >= 4 is 11.7 Å². The number of ether oxygens (including phenoxy) is 1. The molecule has 0 bridgehead atoms. The third-order valence-corrected chi connectivity index (χ3v) is 7.45. The van der Waals surface area contributed by atoms with E-state index >= 15 is 0 Å². The zero-order valence-electron chi connectivity index (χ0n) is 20.0. The van der Waals surface area contributed by atoms with Gasteiger partial charge in [0.15, 0.2) is 0 Å². The predicted octanol–water partition coefficient (Wildman–Crippen LogP) is 4.95. The molecule has 34 heavy (non-hydrogen) atoms. The van der Waals surface area contributed by atoms with Gasteiger partial charge in [-0.05, 0) is 80.5 Å². The first-order valence-electron chi connectivity index (χ1n) is 13.1. The molecular formula is C28H37N3O3. The van der Waals surface area contributed by atoms with Gasteiger partial charge < -0.3 is 15.2 Å². The van der Waals surface area contributed by atoms with Crippen LogP contribution in [0, 0.1) is 0 Å². The Hall–Kier alpha value is -2.44. The molecule has 3 aliphatic rings. The van der Waals surface area contributed by atoms with Gasteiger partial charge in [-0.15, -0.1) is 0 Å². The number of pyridine rings is 1. The van der Waals surface area contributed by atoms with Crippen molar-refractivity contribution in [3.8, 4) is 0 Å². The minimum absolute atomic E-state index is 0.129. The van der Waals surface area contributed by atoms with Crippen LogP contribution in [0.4, 0.5) is 5.69 Å². The molecule has 1 aromatic heterocycles. The second kappa shape index (κ2) is 10.9. The third kappa shape index (κ3) is 5.61. The normalized spacial score (nSPS) is 21.1. The fourth-order valence-corrected chi connectivity index (χ4v) is 5.49. The van der Waals surface area contributed by atoms with Crippen molar-refractivity contribution in [3.05, 3.63) is 58.9 Å². The Morgan fingerprint density at radius 3 is 2.88 bits per heavy atom. The first-order chi connectivity index (χ1) is 16.7. The van der Waals surface area contributed by atoms with Crippen molar-refractivity contribution in [2.75, 3.05) is 31.6 Å². The molecule has 2 aliphatic heterocycles. The first-order valence-corrected chi connectivity index (χ1v) is 13.1. The van der Waals surface area contributed by atoms with Crippen molar-refractivity contribution in [2.45, 2.75) is 75.9 Å². The number of nitrogens with zero attached hydrogens (tertiary/aromatic N) is 2. The number of aromatic nitrogens is 1. The Labute approximate surface area is 202 Å². The maximum Gasteiger partial charge on any atom is 0.325 e. The number of rotatable bonds is 11. The van der Waals surface area contributed by atoms with Gasteiger partial charge in [0.2, 0.25) is 0 Å². The van der Waals surface area contributed by atoms with Crippen molar-refractivity contribution in [3.63, 3.8) is 0 Å². The second-order valence-corrected chi connectivity index (χ2v) is 10.1. The van der Waals surface area contributed by atoms with Crippen LogP contribution in [0.15, 0.2) is 36.4 Å². The Bertz CT molecular complexity index is 991. The molecule has 1 saturated heterocycles. The van der Waals surface area contributed by atoms with Crippen LogP contribution in [0.1, 0.15) is 79.4 Å². The van der Waals surface area contributed by atoms with Crippen LogP contribution in [-0.4, -0.2) is 53.3 Å². The van der Waals surface area contributed by atoms with Crippen LogP contribution >= 0.6 is 0 Å². The molecule has 3 heterocycles. The minimum Gasteiger partial charge on any atom is -0.480 e. The number of unbranched alkanes of at least 4 members (excludes halogenated alkanes) is 2. The SMILES string of the molecule is O=C(O)C(c1ccccc1C1CC1)N1CC[C@H](OCCCCCc2ccc3c(n2)CCCN3)C1. The van der Waals surface area contributed by atoms with Gasteiger partial charge in [-0.25, -0.2) is 0 Å². The molecular weight excluding hydrogens is 426 g/mol. The van der Waals surface area contributed by atoms with Gasteiger partial charge >= 0.3 is 5.97 Å². The molecule has 1 aromatic carbocycles. The third-order valence-electron chi connectivity index (χ3n) is 7.45. The van der Waals surface area contributed by atoms with E-state index in [2.05, 4.69) is 28.4 Å². The van der Waals surface area contributed by atoms with Gasteiger partial charge in [0.05, 0.1) is 17.5 Å². The largest absolute Gasteiger partial charge is 0.480 e. The van der Waals surface area contributed by atoms with Crippen LogP contribution in [0.2, 0.25) is 0 Å². The van der Waals surface area contributed by atoms with E-state index in [4.69, 9.17) is 9.72 Å². The topological polar surface area (TPSA) is 74.7 Å². The molecule has 2 aromatic rings. The molecule has 0 amide bonds. The monoisotopic (exact) mass is 463 g/mol. The summed E-state index contributed by atoms with van der Waals surface area (Å²) in [5.41, 5.74) is 5.82. The Morgan fingerprint density at radius 2 is 2.03 bits per heavy atom. The number of carboxylic acids is 1. The molecule has 5 rings (SSSR count). The average molecular weight is 464 g/mol. The summed E-state index contributed by atoms with van der Waals surface area (Å²) in [7, 11) is 0. The number of hydrogen-bond acceptors (Lipinski definition) is 5. The van der Waals surface area contributed by atoms with Crippen molar-refractivity contribution in [1.82, 2.24) is 9.88 Å². The highest BCUT2D eigenvalue weighted by Gasteiger charge is 2.37. The highest BCUT2D eigenvalue weighted by molar-refractivity contribution is 5.76. The number of carbonyl (C=O) groups is 1. The number of benzene rings is 1. The molecule has 2 fully saturated rings. The number of aryl methyl sites for hydroxylation is 2. The van der Waals surface area contributed by atoms with E-state index in [1.807, 2.05) is 18.2 Å². The molecule has 6 nitrogen and oxygen atoms in total. The van der Waals surface area contributed by atoms with E-state index in [9.17, 15) is 9.90 Å². The smallest absolute Gasteiger partial charge is 0.325 e. The van der Waals surface area contributed by atoms with E-state index < -0.39 is 12.0 Å². The molecule has 0 radical (unpaired) electrons. The Balaban J connectivity index is 1.05. The molecule has 2 N–H and O–H groups in total. The zero-order valence-corrected chi connectivity index (χ0v) is 20.0. The Morgan fingerprint density at radius 1 is 1.15 bits per heavy atom. The summed E-state index contributed by atoms with van der Waals surface area (Å²) in [6.07, 6.45) is 9.94. The Kier molecular flexibility index (Phi) is 7.45. The fourth-order valence-electron chi connectivity index (χ4n) is 5.49. The molecule has 1 saturated carbocycles. The van der Waals surface area contributed by atoms with E-state index in [0.29, 0.717) is 12.5 Å². The summed E-state index contributed by atoms with van der Waals surface area (Å²) in [5.74, 6) is -0.207. The van der Waals surface area contributed by atoms with E-state index in [1.165, 1.54) is 41.9 Å². The lowest BCUT2D eigenvalue weighted by Gasteiger charge is -2.26. The lowest BCUT2D eigenvalue weighted by atomic mass is 9.96. The quantitative estimate of drug-likeness (QED) is 0.460. The van der Waals surface area contributed by atoms with E-state index in [0.717, 1.165) is 63.8 Å². The zero-order chi connectivity index (χ0) is 23.3. The number of nitrogens with one attached hydrogen (secondary N) is 1. The van der Waals surface area contributed by atoms with E-state index in [-0.39, 0.29) is 6.10 Å². The number of carboxylic acid groups (broad SMARTS) is 1. The van der Waals surface area contributed by atoms with Crippen molar-refractivity contribution < 1.29 is 14.6 Å². The number of hydrogen-bond donors (Lipinski definition) is 2. The molecule has 182 valence electrons. The van der Waals surface area contributed by atoms with Gasteiger partial charge in [-0.1, -0.05) is 30.7 Å². The van der Waals surface area contributed by atoms with Crippen LogP contribution in [-0.2, 0) is 22.4 Å². The lowest BCUT2D eigenvalue weighted by molar-refractivity contribution is -0.143. The van der Waals surface area contributed by atoms with Gasteiger partial charge in [0, 0.05) is 31.9 Å². The number of likely N-dealkylation sites (tertiary alicyclic amines) is 1. The standard InChI is InChI=1S/C28H37N3O3/c32-28(33)27(24-9-4-3-8-23(24)20-11-12-20)31-17-15-22(19-31)34-18-5-1-2-7-21-13-14-25-26(30-21)10-6-16-29-25/h3-4,8-9,13-14,20,22,27,29H,1-2,5-7,10-12,15-19H2,(H,32,33)/t22-,27?/m0/s1. The summed E-state index contributed by atoms with van der Waals surface area (Å²) in [4.78, 5) is 19.2. The minimum atomic E-state index is -0.750. The molecule has 1 aliphatic carbocycles. The maximum absolute atomic E-state index is 12.2. The number of fused-ring (bicyclic) bond motifs is 1.